The van der Waals surface area contributed by atoms with Gasteiger partial charge in [0.2, 0.25) is 0 Å². The predicted octanol–water partition coefficient (Wildman–Crippen LogP) is 4.43. The van der Waals surface area contributed by atoms with Crippen LogP contribution in [-0.4, -0.2) is 17.3 Å². The summed E-state index contributed by atoms with van der Waals surface area (Å²) in [5.41, 5.74) is 1.95. The van der Waals surface area contributed by atoms with E-state index >= 15 is 0 Å². The maximum absolute atomic E-state index is 11.0. The van der Waals surface area contributed by atoms with Gasteiger partial charge in [0.25, 0.3) is 0 Å². The molecule has 0 unspecified atom stereocenters. The number of carboxylic acids is 1. The van der Waals surface area contributed by atoms with Crippen molar-refractivity contribution in [3.63, 3.8) is 0 Å². The van der Waals surface area contributed by atoms with E-state index in [1.54, 1.807) is 23.9 Å². The Morgan fingerprint density at radius 1 is 1.17 bits per heavy atom. The van der Waals surface area contributed by atoms with Crippen molar-refractivity contribution in [2.75, 3.05) is 6.26 Å². The number of halogens is 1. The lowest BCUT2D eigenvalue weighted by Gasteiger charge is -2.10. The first-order chi connectivity index (χ1) is 8.63. The summed E-state index contributed by atoms with van der Waals surface area (Å²) in [5, 5.41) is 9.58. The van der Waals surface area contributed by atoms with Crippen molar-refractivity contribution < 1.29 is 9.90 Å². The molecule has 0 aliphatic heterocycles. The van der Waals surface area contributed by atoms with Crippen LogP contribution >= 0.6 is 23.4 Å². The van der Waals surface area contributed by atoms with Crippen LogP contribution in [0.4, 0.5) is 0 Å². The van der Waals surface area contributed by atoms with Gasteiger partial charge in [-0.3, -0.25) is 0 Å². The largest absolute Gasteiger partial charge is 0.478 e. The van der Waals surface area contributed by atoms with Crippen LogP contribution in [0.25, 0.3) is 11.1 Å². The average molecular weight is 279 g/mol. The number of aromatic carboxylic acids is 1. The minimum absolute atomic E-state index is 0.241. The lowest BCUT2D eigenvalue weighted by Crippen LogP contribution is -1.96. The molecule has 92 valence electrons. The third-order valence-electron chi connectivity index (χ3n) is 2.61. The molecule has 0 radical (unpaired) electrons. The van der Waals surface area contributed by atoms with Crippen LogP contribution in [0.2, 0.25) is 5.02 Å². The van der Waals surface area contributed by atoms with Crippen LogP contribution in [0, 0.1) is 0 Å². The molecule has 0 heterocycles. The highest BCUT2D eigenvalue weighted by Gasteiger charge is 2.11. The molecule has 0 amide bonds. The number of carbonyl (C=O) groups is 1. The summed E-state index contributed by atoms with van der Waals surface area (Å²) in [7, 11) is 0. The summed E-state index contributed by atoms with van der Waals surface area (Å²) >= 11 is 7.77. The number of rotatable bonds is 3. The maximum atomic E-state index is 11.0. The highest BCUT2D eigenvalue weighted by atomic mass is 35.5. The Hall–Kier alpha value is -1.45. The molecule has 18 heavy (non-hydrogen) atoms. The normalized spacial score (nSPS) is 10.3. The van der Waals surface area contributed by atoms with Gasteiger partial charge in [0, 0.05) is 15.5 Å². The van der Waals surface area contributed by atoms with Gasteiger partial charge in [0.15, 0.2) is 0 Å². The molecular formula is C14H11ClO2S. The Labute approximate surface area is 115 Å². The second-order valence-corrected chi connectivity index (χ2v) is 4.96. The van der Waals surface area contributed by atoms with Crippen molar-refractivity contribution in [1.82, 2.24) is 0 Å². The predicted molar refractivity (Wildman–Crippen MR) is 75.6 cm³/mol. The molecule has 2 nitrogen and oxygen atoms in total. The molecular weight excluding hydrogens is 268 g/mol. The Balaban J connectivity index is 2.62. The molecule has 0 aliphatic carbocycles. The summed E-state index contributed by atoms with van der Waals surface area (Å²) in [5.74, 6) is -0.949. The summed E-state index contributed by atoms with van der Waals surface area (Å²) in [6, 6.07) is 12.5. The Kier molecular flexibility index (Phi) is 3.94. The van der Waals surface area contributed by atoms with E-state index < -0.39 is 5.97 Å². The second-order valence-electron chi connectivity index (χ2n) is 3.70. The summed E-state index contributed by atoms with van der Waals surface area (Å²) < 4.78 is 0. The van der Waals surface area contributed by atoms with Crippen LogP contribution in [0.1, 0.15) is 10.4 Å². The fraction of sp³-hybridized carbons (Fsp3) is 0.0714. The van der Waals surface area contributed by atoms with Gasteiger partial charge >= 0.3 is 5.97 Å². The molecule has 1 N–H and O–H groups in total. The van der Waals surface area contributed by atoms with Crippen molar-refractivity contribution in [1.29, 1.82) is 0 Å². The molecule has 0 saturated carbocycles. The highest BCUT2D eigenvalue weighted by Crippen LogP contribution is 2.35. The molecule has 0 aromatic heterocycles. The summed E-state index contributed by atoms with van der Waals surface area (Å²) in [6.07, 6.45) is 1.98. The van der Waals surface area contributed by atoms with E-state index in [1.807, 2.05) is 30.5 Å². The molecule has 0 saturated heterocycles. The lowest BCUT2D eigenvalue weighted by molar-refractivity contribution is 0.0697. The van der Waals surface area contributed by atoms with E-state index in [0.29, 0.717) is 5.02 Å². The monoisotopic (exact) mass is 278 g/mol. The first kappa shape index (κ1) is 13.0. The summed E-state index contributed by atoms with van der Waals surface area (Å²) in [6.45, 7) is 0. The van der Waals surface area contributed by atoms with E-state index in [1.165, 1.54) is 6.07 Å². The first-order valence-electron chi connectivity index (χ1n) is 5.29. The topological polar surface area (TPSA) is 37.3 Å². The van der Waals surface area contributed by atoms with Gasteiger partial charge in [-0.25, -0.2) is 4.79 Å². The van der Waals surface area contributed by atoms with Crippen LogP contribution in [-0.2, 0) is 0 Å². The minimum Gasteiger partial charge on any atom is -0.478 e. The lowest BCUT2D eigenvalue weighted by atomic mass is 10.0. The van der Waals surface area contributed by atoms with Gasteiger partial charge in [-0.05, 0) is 36.1 Å². The number of benzene rings is 2. The number of hydrogen-bond donors (Lipinski definition) is 1. The van der Waals surface area contributed by atoms with Crippen LogP contribution in [0.15, 0.2) is 47.4 Å². The number of thioether (sulfide) groups is 1. The van der Waals surface area contributed by atoms with E-state index in [-0.39, 0.29) is 5.56 Å². The van der Waals surface area contributed by atoms with Gasteiger partial charge in [-0.1, -0.05) is 29.8 Å². The number of carboxylic acid groups (broad SMARTS) is 1. The molecule has 0 aliphatic rings. The fourth-order valence-electron chi connectivity index (χ4n) is 1.73. The van der Waals surface area contributed by atoms with Gasteiger partial charge in [-0.15, -0.1) is 11.8 Å². The summed E-state index contributed by atoms with van der Waals surface area (Å²) in [4.78, 5) is 12.1. The third-order valence-corrected chi connectivity index (χ3v) is 3.74. The van der Waals surface area contributed by atoms with Crippen molar-refractivity contribution in [2.45, 2.75) is 4.90 Å². The average Bonchev–Trinajstić information content (AvgIpc) is 2.39. The van der Waals surface area contributed by atoms with Crippen molar-refractivity contribution in [3.05, 3.63) is 53.1 Å². The van der Waals surface area contributed by atoms with E-state index in [0.717, 1.165) is 16.0 Å². The Morgan fingerprint density at radius 2 is 1.89 bits per heavy atom. The Bertz CT molecular complexity index is 596. The van der Waals surface area contributed by atoms with Crippen LogP contribution in [0.3, 0.4) is 0 Å². The molecule has 0 atom stereocenters. The molecule has 2 rings (SSSR count). The molecule has 0 spiro atoms. The zero-order valence-corrected chi connectivity index (χ0v) is 11.3. The number of hydrogen-bond acceptors (Lipinski definition) is 2. The third kappa shape index (κ3) is 2.52. The van der Waals surface area contributed by atoms with Crippen molar-refractivity contribution in [2.24, 2.45) is 0 Å². The van der Waals surface area contributed by atoms with Crippen LogP contribution in [0.5, 0.6) is 0 Å². The maximum Gasteiger partial charge on any atom is 0.335 e. The smallest absolute Gasteiger partial charge is 0.335 e. The molecule has 2 aromatic carbocycles. The second kappa shape index (κ2) is 5.46. The molecule has 2 aromatic rings. The quantitative estimate of drug-likeness (QED) is 0.844. The zero-order valence-electron chi connectivity index (χ0n) is 9.68. The molecule has 0 fully saturated rings. The zero-order chi connectivity index (χ0) is 13.1. The van der Waals surface area contributed by atoms with Gasteiger partial charge in [0.05, 0.1) is 5.56 Å². The Morgan fingerprint density at radius 3 is 2.56 bits per heavy atom. The standard InChI is InChI=1S/C14H11ClO2S/c1-18-13-5-3-2-4-10(13)11-8-9(14(16)17)6-7-12(11)15/h2-8H,1H3,(H,16,17). The molecule has 0 bridgehead atoms. The van der Waals surface area contributed by atoms with Gasteiger partial charge in [-0.2, -0.15) is 0 Å². The van der Waals surface area contributed by atoms with E-state index in [4.69, 9.17) is 16.7 Å². The van der Waals surface area contributed by atoms with E-state index in [9.17, 15) is 4.79 Å². The van der Waals surface area contributed by atoms with Crippen molar-refractivity contribution in [3.8, 4) is 11.1 Å². The SMILES string of the molecule is CSc1ccccc1-c1cc(C(=O)O)ccc1Cl. The fourth-order valence-corrected chi connectivity index (χ4v) is 2.56. The minimum atomic E-state index is -0.949. The highest BCUT2D eigenvalue weighted by molar-refractivity contribution is 7.98. The van der Waals surface area contributed by atoms with Crippen LogP contribution < -0.4 is 0 Å². The van der Waals surface area contributed by atoms with Gasteiger partial charge in [0.1, 0.15) is 0 Å². The first-order valence-corrected chi connectivity index (χ1v) is 6.90. The van der Waals surface area contributed by atoms with Gasteiger partial charge < -0.3 is 5.11 Å². The van der Waals surface area contributed by atoms with E-state index in [2.05, 4.69) is 0 Å². The molecule has 4 heteroatoms. The van der Waals surface area contributed by atoms with Crippen molar-refractivity contribution >= 4 is 29.3 Å².